The third-order valence-corrected chi connectivity index (χ3v) is 3.47. The first-order valence-electron chi connectivity index (χ1n) is 7.23. The first kappa shape index (κ1) is 13.3. The fraction of sp³-hybridized carbons (Fsp3) is 0.733. The highest BCUT2D eigenvalue weighted by atomic mass is 15.0. The summed E-state index contributed by atoms with van der Waals surface area (Å²) in [6.07, 6.45) is 4.89. The van der Waals surface area contributed by atoms with Crippen LogP contribution in [0, 0.1) is 12.8 Å². The van der Waals surface area contributed by atoms with E-state index in [-0.39, 0.29) is 0 Å². The van der Waals surface area contributed by atoms with Gasteiger partial charge in [0.1, 0.15) is 11.6 Å². The Morgan fingerprint density at radius 2 is 2.00 bits per heavy atom. The highest BCUT2D eigenvalue weighted by Gasteiger charge is 2.24. The van der Waals surface area contributed by atoms with Gasteiger partial charge in [0.15, 0.2) is 0 Å². The molecule has 3 heteroatoms. The zero-order chi connectivity index (χ0) is 13.1. The summed E-state index contributed by atoms with van der Waals surface area (Å²) in [4.78, 5) is 9.44. The molecule has 0 atom stereocenters. The van der Waals surface area contributed by atoms with E-state index in [1.807, 2.05) is 0 Å². The van der Waals surface area contributed by atoms with Crippen molar-refractivity contribution in [2.45, 2.75) is 59.3 Å². The molecule has 1 aromatic heterocycles. The summed E-state index contributed by atoms with van der Waals surface area (Å²) in [7, 11) is 0. The molecule has 1 N–H and O–H groups in total. The Balaban J connectivity index is 2.26. The number of anilines is 1. The molecule has 0 aromatic carbocycles. The van der Waals surface area contributed by atoms with Gasteiger partial charge in [-0.1, -0.05) is 20.8 Å². The van der Waals surface area contributed by atoms with Crippen molar-refractivity contribution in [3.05, 3.63) is 17.1 Å². The monoisotopic (exact) mass is 247 g/mol. The van der Waals surface area contributed by atoms with Gasteiger partial charge in [0.05, 0.1) is 0 Å². The number of rotatable bonds is 6. The van der Waals surface area contributed by atoms with Crippen molar-refractivity contribution in [3.63, 3.8) is 0 Å². The predicted octanol–water partition coefficient (Wildman–Crippen LogP) is 3.68. The second kappa shape index (κ2) is 5.68. The van der Waals surface area contributed by atoms with Crippen LogP contribution in [0.3, 0.4) is 0 Å². The smallest absolute Gasteiger partial charge is 0.133 e. The van der Waals surface area contributed by atoms with E-state index in [9.17, 15) is 0 Å². The van der Waals surface area contributed by atoms with Gasteiger partial charge in [-0.3, -0.25) is 0 Å². The molecule has 18 heavy (non-hydrogen) atoms. The van der Waals surface area contributed by atoms with E-state index in [0.29, 0.717) is 5.92 Å². The van der Waals surface area contributed by atoms with Crippen LogP contribution in [0.15, 0.2) is 0 Å². The molecule has 0 saturated heterocycles. The van der Waals surface area contributed by atoms with Gasteiger partial charge in [-0.15, -0.1) is 0 Å². The van der Waals surface area contributed by atoms with Crippen molar-refractivity contribution in [1.29, 1.82) is 0 Å². The number of hydrogen-bond donors (Lipinski definition) is 1. The summed E-state index contributed by atoms with van der Waals surface area (Å²) in [6.45, 7) is 9.71. The molecule has 1 aliphatic carbocycles. The molecule has 1 aliphatic rings. The summed E-state index contributed by atoms with van der Waals surface area (Å²) in [5.74, 6) is 3.40. The maximum Gasteiger partial charge on any atom is 0.133 e. The number of aryl methyl sites for hydroxylation is 1. The van der Waals surface area contributed by atoms with Crippen LogP contribution in [0.4, 0.5) is 5.82 Å². The molecule has 100 valence electrons. The minimum Gasteiger partial charge on any atom is -0.370 e. The van der Waals surface area contributed by atoms with Gasteiger partial charge in [-0.25, -0.2) is 9.97 Å². The van der Waals surface area contributed by atoms with Crippen molar-refractivity contribution < 1.29 is 0 Å². The van der Waals surface area contributed by atoms with Crippen LogP contribution >= 0.6 is 0 Å². The number of aromatic nitrogens is 2. The second-order valence-electron chi connectivity index (χ2n) is 5.72. The highest BCUT2D eigenvalue weighted by molar-refractivity contribution is 5.48. The largest absolute Gasteiger partial charge is 0.370 e. The molecule has 0 bridgehead atoms. The molecular weight excluding hydrogens is 222 g/mol. The molecule has 1 fully saturated rings. The molecule has 0 aliphatic heterocycles. The fourth-order valence-corrected chi connectivity index (χ4v) is 2.38. The Kier molecular flexibility index (Phi) is 4.20. The Bertz CT molecular complexity index is 408. The lowest BCUT2D eigenvalue weighted by molar-refractivity contribution is 0.743. The standard InChI is InChI=1S/C15H25N3/c1-5-8-16-15-14(10(2)3)11(4)17-13(18-15)9-12-6-7-12/h10,12H,5-9H2,1-4H3,(H,16,17,18). The lowest BCUT2D eigenvalue weighted by Gasteiger charge is -2.17. The summed E-state index contributed by atoms with van der Waals surface area (Å²) >= 11 is 0. The van der Waals surface area contributed by atoms with Gasteiger partial charge in [-0.2, -0.15) is 0 Å². The molecule has 3 nitrogen and oxygen atoms in total. The summed E-state index contributed by atoms with van der Waals surface area (Å²) < 4.78 is 0. The number of nitrogens with zero attached hydrogens (tertiary/aromatic N) is 2. The molecule has 0 unspecified atom stereocenters. The van der Waals surface area contributed by atoms with Crippen molar-refractivity contribution in [1.82, 2.24) is 9.97 Å². The predicted molar refractivity (Wildman–Crippen MR) is 76.1 cm³/mol. The van der Waals surface area contributed by atoms with Crippen LogP contribution in [0.5, 0.6) is 0 Å². The SMILES string of the molecule is CCCNc1nc(CC2CC2)nc(C)c1C(C)C. The average molecular weight is 247 g/mol. The molecule has 0 spiro atoms. The first-order valence-corrected chi connectivity index (χ1v) is 7.23. The molecular formula is C15H25N3. The average Bonchev–Trinajstić information content (AvgIpc) is 3.09. The zero-order valence-electron chi connectivity index (χ0n) is 12.1. The van der Waals surface area contributed by atoms with Crippen LogP contribution in [0.2, 0.25) is 0 Å². The lowest BCUT2D eigenvalue weighted by atomic mass is 10.0. The van der Waals surface area contributed by atoms with Crippen LogP contribution in [0.25, 0.3) is 0 Å². The zero-order valence-corrected chi connectivity index (χ0v) is 12.1. The normalized spacial score (nSPS) is 15.2. The summed E-state index contributed by atoms with van der Waals surface area (Å²) in [6, 6.07) is 0. The Morgan fingerprint density at radius 1 is 1.28 bits per heavy atom. The van der Waals surface area contributed by atoms with Crippen LogP contribution < -0.4 is 5.32 Å². The molecule has 1 saturated carbocycles. The van der Waals surface area contributed by atoms with E-state index in [1.54, 1.807) is 0 Å². The Labute approximate surface area is 110 Å². The minimum absolute atomic E-state index is 0.472. The van der Waals surface area contributed by atoms with Crippen molar-refractivity contribution in [2.75, 3.05) is 11.9 Å². The fourth-order valence-electron chi connectivity index (χ4n) is 2.38. The Morgan fingerprint density at radius 3 is 2.56 bits per heavy atom. The Hall–Kier alpha value is -1.12. The molecule has 2 rings (SSSR count). The topological polar surface area (TPSA) is 37.8 Å². The maximum atomic E-state index is 4.75. The van der Waals surface area contributed by atoms with E-state index in [2.05, 4.69) is 33.0 Å². The third kappa shape index (κ3) is 3.21. The van der Waals surface area contributed by atoms with E-state index in [1.165, 1.54) is 18.4 Å². The van der Waals surface area contributed by atoms with E-state index >= 15 is 0 Å². The van der Waals surface area contributed by atoms with E-state index < -0.39 is 0 Å². The van der Waals surface area contributed by atoms with Gasteiger partial charge >= 0.3 is 0 Å². The summed E-state index contributed by atoms with van der Waals surface area (Å²) in [5, 5.41) is 3.47. The van der Waals surface area contributed by atoms with Gasteiger partial charge in [0, 0.05) is 24.2 Å². The maximum absolute atomic E-state index is 4.75. The van der Waals surface area contributed by atoms with Crippen LogP contribution in [-0.2, 0) is 6.42 Å². The van der Waals surface area contributed by atoms with Crippen molar-refractivity contribution >= 4 is 5.82 Å². The van der Waals surface area contributed by atoms with Crippen molar-refractivity contribution in [2.24, 2.45) is 5.92 Å². The minimum atomic E-state index is 0.472. The number of hydrogen-bond acceptors (Lipinski definition) is 3. The molecule has 0 radical (unpaired) electrons. The van der Waals surface area contributed by atoms with Gasteiger partial charge < -0.3 is 5.32 Å². The molecule has 1 heterocycles. The quantitative estimate of drug-likeness (QED) is 0.833. The number of nitrogens with one attached hydrogen (secondary N) is 1. The lowest BCUT2D eigenvalue weighted by Crippen LogP contribution is -2.12. The van der Waals surface area contributed by atoms with Crippen LogP contribution in [0.1, 0.15) is 63.0 Å². The second-order valence-corrected chi connectivity index (χ2v) is 5.72. The van der Waals surface area contributed by atoms with E-state index in [4.69, 9.17) is 9.97 Å². The third-order valence-electron chi connectivity index (χ3n) is 3.47. The summed E-state index contributed by atoms with van der Waals surface area (Å²) in [5.41, 5.74) is 2.43. The molecule has 1 aromatic rings. The van der Waals surface area contributed by atoms with Crippen molar-refractivity contribution in [3.8, 4) is 0 Å². The van der Waals surface area contributed by atoms with Gasteiger partial charge in [0.25, 0.3) is 0 Å². The first-order chi connectivity index (χ1) is 8.61. The van der Waals surface area contributed by atoms with Gasteiger partial charge in [-0.05, 0) is 38.0 Å². The van der Waals surface area contributed by atoms with Crippen LogP contribution in [-0.4, -0.2) is 16.5 Å². The van der Waals surface area contributed by atoms with Gasteiger partial charge in [0.2, 0.25) is 0 Å². The molecule has 0 amide bonds. The van der Waals surface area contributed by atoms with E-state index in [0.717, 1.165) is 42.6 Å². The highest BCUT2D eigenvalue weighted by Crippen LogP contribution is 2.33.